The van der Waals surface area contributed by atoms with Gasteiger partial charge < -0.3 is 9.84 Å². The molecule has 0 bridgehead atoms. The van der Waals surface area contributed by atoms with Gasteiger partial charge in [0.1, 0.15) is 5.75 Å². The molecule has 0 spiro atoms. The molecule has 1 N–H and O–H groups in total. The van der Waals surface area contributed by atoms with Gasteiger partial charge in [0.05, 0.1) is 19.2 Å². The van der Waals surface area contributed by atoms with E-state index in [0.717, 1.165) is 16.9 Å². The van der Waals surface area contributed by atoms with Gasteiger partial charge in [-0.05, 0) is 52.4 Å². The molecule has 1 aromatic heterocycles. The Kier molecular flexibility index (Phi) is 4.01. The van der Waals surface area contributed by atoms with Gasteiger partial charge in [-0.25, -0.2) is 9.48 Å². The summed E-state index contributed by atoms with van der Waals surface area (Å²) in [6.45, 7) is 0.453. The monoisotopic (exact) mass is 310 g/mol. The van der Waals surface area contributed by atoms with Crippen molar-refractivity contribution >= 4 is 5.97 Å². The first-order valence-corrected chi connectivity index (χ1v) is 6.90. The molecule has 23 heavy (non-hydrogen) atoms. The van der Waals surface area contributed by atoms with E-state index in [0.29, 0.717) is 12.4 Å². The van der Waals surface area contributed by atoms with Gasteiger partial charge in [0.2, 0.25) is 0 Å². The zero-order valence-electron chi connectivity index (χ0n) is 12.4. The van der Waals surface area contributed by atoms with Crippen molar-refractivity contribution in [3.05, 3.63) is 59.7 Å². The van der Waals surface area contributed by atoms with Crippen LogP contribution in [0.25, 0.3) is 11.4 Å². The molecule has 1 heterocycles. The number of methoxy groups -OCH3 is 1. The van der Waals surface area contributed by atoms with Crippen molar-refractivity contribution in [2.75, 3.05) is 7.11 Å². The molecule has 0 amide bonds. The van der Waals surface area contributed by atoms with E-state index in [2.05, 4.69) is 15.5 Å². The highest BCUT2D eigenvalue weighted by Gasteiger charge is 2.10. The summed E-state index contributed by atoms with van der Waals surface area (Å²) >= 11 is 0. The summed E-state index contributed by atoms with van der Waals surface area (Å²) in [6, 6.07) is 14.1. The molecule has 0 radical (unpaired) electrons. The average molecular weight is 310 g/mol. The Labute approximate surface area is 132 Å². The third-order valence-corrected chi connectivity index (χ3v) is 3.41. The van der Waals surface area contributed by atoms with E-state index in [-0.39, 0.29) is 5.56 Å². The van der Waals surface area contributed by atoms with Crippen molar-refractivity contribution in [2.45, 2.75) is 6.54 Å². The van der Waals surface area contributed by atoms with E-state index >= 15 is 0 Å². The number of aromatic nitrogens is 4. The smallest absolute Gasteiger partial charge is 0.335 e. The molecule has 7 heteroatoms. The summed E-state index contributed by atoms with van der Waals surface area (Å²) in [5.74, 6) is 0.449. The van der Waals surface area contributed by atoms with Gasteiger partial charge in [-0.2, -0.15) is 0 Å². The molecule has 7 nitrogen and oxygen atoms in total. The molecule has 0 unspecified atom stereocenters. The highest BCUT2D eigenvalue weighted by atomic mass is 16.5. The molecule has 0 fully saturated rings. The number of carboxylic acid groups (broad SMARTS) is 1. The van der Waals surface area contributed by atoms with Crippen LogP contribution < -0.4 is 4.74 Å². The van der Waals surface area contributed by atoms with E-state index in [1.165, 1.54) is 0 Å². The second kappa shape index (κ2) is 6.27. The van der Waals surface area contributed by atoms with Crippen LogP contribution in [0.2, 0.25) is 0 Å². The van der Waals surface area contributed by atoms with Crippen molar-refractivity contribution in [2.24, 2.45) is 0 Å². The van der Waals surface area contributed by atoms with Gasteiger partial charge in [-0.1, -0.05) is 12.1 Å². The molecule has 0 aliphatic rings. The highest BCUT2D eigenvalue weighted by molar-refractivity contribution is 5.87. The molecule has 0 atom stereocenters. The van der Waals surface area contributed by atoms with Gasteiger partial charge in [-0.3, -0.25) is 0 Å². The van der Waals surface area contributed by atoms with Crippen molar-refractivity contribution in [1.82, 2.24) is 20.2 Å². The second-order valence-corrected chi connectivity index (χ2v) is 4.89. The summed E-state index contributed by atoms with van der Waals surface area (Å²) in [4.78, 5) is 10.9. The molecular formula is C16H14N4O3. The highest BCUT2D eigenvalue weighted by Crippen LogP contribution is 2.20. The summed E-state index contributed by atoms with van der Waals surface area (Å²) in [5.41, 5.74) is 2.04. The molecule has 0 saturated carbocycles. The number of carbonyl (C=O) groups is 1. The Hall–Kier alpha value is -3.22. The van der Waals surface area contributed by atoms with Gasteiger partial charge >= 0.3 is 5.97 Å². The van der Waals surface area contributed by atoms with Crippen LogP contribution in [0.5, 0.6) is 5.75 Å². The van der Waals surface area contributed by atoms with Crippen molar-refractivity contribution in [3.8, 4) is 17.1 Å². The van der Waals surface area contributed by atoms with Crippen LogP contribution in [0.4, 0.5) is 0 Å². The van der Waals surface area contributed by atoms with E-state index in [1.54, 1.807) is 36.1 Å². The standard InChI is InChI=1S/C16H14N4O3/c1-23-14-8-6-12(7-9-14)15-17-18-19-20(15)10-11-2-4-13(5-3-11)16(21)22/h2-9H,10H2,1H3,(H,21,22). The fourth-order valence-corrected chi connectivity index (χ4v) is 2.18. The van der Waals surface area contributed by atoms with Gasteiger partial charge in [0.25, 0.3) is 0 Å². The number of benzene rings is 2. The van der Waals surface area contributed by atoms with Crippen LogP contribution >= 0.6 is 0 Å². The number of tetrazole rings is 1. The molecule has 0 aliphatic heterocycles. The summed E-state index contributed by atoms with van der Waals surface area (Å²) in [5, 5.41) is 20.7. The first kappa shape index (κ1) is 14.7. The Morgan fingerprint density at radius 3 is 2.43 bits per heavy atom. The van der Waals surface area contributed by atoms with Crippen LogP contribution in [0.3, 0.4) is 0 Å². The predicted octanol–water partition coefficient (Wildman–Crippen LogP) is 2.10. The Balaban J connectivity index is 1.84. The number of rotatable bonds is 5. The van der Waals surface area contributed by atoms with Gasteiger partial charge in [-0.15, -0.1) is 5.10 Å². The maximum absolute atomic E-state index is 10.9. The Bertz CT molecular complexity index is 810. The normalized spacial score (nSPS) is 10.5. The van der Waals surface area contributed by atoms with Crippen LogP contribution in [-0.4, -0.2) is 38.4 Å². The minimum absolute atomic E-state index is 0.251. The largest absolute Gasteiger partial charge is 0.497 e. The summed E-state index contributed by atoms with van der Waals surface area (Å²) in [7, 11) is 1.61. The second-order valence-electron chi connectivity index (χ2n) is 4.89. The Morgan fingerprint density at radius 2 is 1.83 bits per heavy atom. The molecule has 3 aromatic rings. The lowest BCUT2D eigenvalue weighted by atomic mass is 10.1. The fraction of sp³-hybridized carbons (Fsp3) is 0.125. The maximum atomic E-state index is 10.9. The van der Waals surface area contributed by atoms with Crippen molar-refractivity contribution in [3.63, 3.8) is 0 Å². The van der Waals surface area contributed by atoms with E-state index < -0.39 is 5.97 Å². The molecule has 116 valence electrons. The molecular weight excluding hydrogens is 296 g/mol. The lowest BCUT2D eigenvalue weighted by molar-refractivity contribution is 0.0697. The van der Waals surface area contributed by atoms with Gasteiger partial charge in [0.15, 0.2) is 5.82 Å². The number of aromatic carboxylic acids is 1. The zero-order valence-corrected chi connectivity index (χ0v) is 12.4. The number of hydrogen-bond donors (Lipinski definition) is 1. The first-order valence-electron chi connectivity index (χ1n) is 6.90. The zero-order chi connectivity index (χ0) is 16.2. The molecule has 0 saturated heterocycles. The maximum Gasteiger partial charge on any atom is 0.335 e. The quantitative estimate of drug-likeness (QED) is 0.776. The Morgan fingerprint density at radius 1 is 1.13 bits per heavy atom. The topological polar surface area (TPSA) is 90.1 Å². The van der Waals surface area contributed by atoms with Crippen LogP contribution in [0.15, 0.2) is 48.5 Å². The SMILES string of the molecule is COc1ccc(-c2nnnn2Cc2ccc(C(=O)O)cc2)cc1. The minimum atomic E-state index is -0.946. The van der Waals surface area contributed by atoms with Crippen LogP contribution in [0, 0.1) is 0 Å². The minimum Gasteiger partial charge on any atom is -0.497 e. The molecule has 0 aliphatic carbocycles. The lowest BCUT2D eigenvalue weighted by Gasteiger charge is -2.06. The number of carboxylic acids is 1. The number of ether oxygens (including phenoxy) is 1. The van der Waals surface area contributed by atoms with Crippen LogP contribution in [-0.2, 0) is 6.54 Å². The van der Waals surface area contributed by atoms with E-state index in [1.807, 2.05) is 24.3 Å². The number of nitrogens with zero attached hydrogens (tertiary/aromatic N) is 4. The molecule has 3 rings (SSSR count). The van der Waals surface area contributed by atoms with Crippen molar-refractivity contribution < 1.29 is 14.6 Å². The van der Waals surface area contributed by atoms with Gasteiger partial charge in [0, 0.05) is 5.56 Å². The third kappa shape index (κ3) is 3.18. The summed E-state index contributed by atoms with van der Waals surface area (Å²) in [6.07, 6.45) is 0. The predicted molar refractivity (Wildman–Crippen MR) is 82.3 cm³/mol. The van der Waals surface area contributed by atoms with Crippen molar-refractivity contribution in [1.29, 1.82) is 0 Å². The lowest BCUT2D eigenvalue weighted by Crippen LogP contribution is -2.05. The first-order chi connectivity index (χ1) is 11.2. The molecule has 2 aromatic carbocycles. The van der Waals surface area contributed by atoms with E-state index in [4.69, 9.17) is 9.84 Å². The average Bonchev–Trinajstić information content (AvgIpc) is 3.03. The fourth-order valence-electron chi connectivity index (χ4n) is 2.18. The van der Waals surface area contributed by atoms with E-state index in [9.17, 15) is 4.79 Å². The van der Waals surface area contributed by atoms with Crippen LogP contribution in [0.1, 0.15) is 15.9 Å². The third-order valence-electron chi connectivity index (χ3n) is 3.41. The summed E-state index contributed by atoms with van der Waals surface area (Å²) < 4.78 is 6.80. The number of hydrogen-bond acceptors (Lipinski definition) is 5.